The summed E-state index contributed by atoms with van der Waals surface area (Å²) in [6, 6.07) is 1.97. The molecule has 0 unspecified atom stereocenters. The maximum absolute atomic E-state index is 13.2. The van der Waals surface area contributed by atoms with Gasteiger partial charge in [-0.15, -0.1) is 0 Å². The van der Waals surface area contributed by atoms with Crippen molar-refractivity contribution >= 4 is 17.2 Å². The van der Waals surface area contributed by atoms with Crippen molar-refractivity contribution in [3.05, 3.63) is 29.3 Å². The lowest BCUT2D eigenvalue weighted by Crippen LogP contribution is -2.12. The van der Waals surface area contributed by atoms with E-state index in [0.29, 0.717) is 0 Å². The Labute approximate surface area is 90.5 Å². The van der Waals surface area contributed by atoms with E-state index in [2.05, 4.69) is 17.0 Å². The van der Waals surface area contributed by atoms with Gasteiger partial charge in [0.2, 0.25) is 0 Å². The van der Waals surface area contributed by atoms with Gasteiger partial charge in [-0.2, -0.15) is 0 Å². The molecule has 0 aliphatic heterocycles. The monoisotopic (exact) mass is 233 g/mol. The molecule has 0 aliphatic carbocycles. The second-order valence-electron chi connectivity index (χ2n) is 2.71. The maximum Gasteiger partial charge on any atom is 0.190 e. The molecule has 0 aromatic heterocycles. The Bertz CT molecular complexity index is 361. The standard InChI is InChI=1S/C9H9F2NO2S/c10-6-3-5(9(12)15)4-7(11)8(6)14-2-1-13/h3-4,13H,1-2H2,(H2,12,15). The third-order valence-corrected chi connectivity index (χ3v) is 1.86. The Morgan fingerprint density at radius 1 is 1.40 bits per heavy atom. The highest BCUT2D eigenvalue weighted by Crippen LogP contribution is 2.23. The molecule has 1 rings (SSSR count). The molecule has 0 saturated heterocycles. The highest BCUT2D eigenvalue weighted by atomic mass is 32.1. The third kappa shape index (κ3) is 2.84. The highest BCUT2D eigenvalue weighted by Gasteiger charge is 2.13. The molecule has 0 atom stereocenters. The van der Waals surface area contributed by atoms with Crippen LogP contribution < -0.4 is 10.5 Å². The zero-order valence-electron chi connectivity index (χ0n) is 7.67. The molecule has 0 radical (unpaired) electrons. The fourth-order valence-corrected chi connectivity index (χ4v) is 1.11. The highest BCUT2D eigenvalue weighted by molar-refractivity contribution is 7.80. The number of hydrogen-bond donors (Lipinski definition) is 2. The van der Waals surface area contributed by atoms with Crippen LogP contribution in [-0.4, -0.2) is 23.3 Å². The van der Waals surface area contributed by atoms with Crippen LogP contribution in [0.25, 0.3) is 0 Å². The third-order valence-electron chi connectivity index (χ3n) is 1.62. The van der Waals surface area contributed by atoms with E-state index in [1.807, 2.05) is 0 Å². The van der Waals surface area contributed by atoms with Gasteiger partial charge in [0.25, 0.3) is 0 Å². The molecular formula is C9H9F2NO2S. The number of halogens is 2. The van der Waals surface area contributed by atoms with Crippen LogP contribution in [-0.2, 0) is 0 Å². The second-order valence-corrected chi connectivity index (χ2v) is 3.15. The molecule has 0 aliphatic rings. The Morgan fingerprint density at radius 3 is 2.33 bits per heavy atom. The molecule has 3 nitrogen and oxygen atoms in total. The van der Waals surface area contributed by atoms with E-state index >= 15 is 0 Å². The van der Waals surface area contributed by atoms with Gasteiger partial charge in [-0.25, -0.2) is 8.78 Å². The molecule has 6 heteroatoms. The number of ether oxygens (including phenoxy) is 1. The van der Waals surface area contributed by atoms with Crippen molar-refractivity contribution in [2.24, 2.45) is 5.73 Å². The van der Waals surface area contributed by atoms with Gasteiger partial charge >= 0.3 is 0 Å². The number of benzene rings is 1. The summed E-state index contributed by atoms with van der Waals surface area (Å²) in [5, 5.41) is 8.44. The van der Waals surface area contributed by atoms with Crippen molar-refractivity contribution in [3.63, 3.8) is 0 Å². The van der Waals surface area contributed by atoms with Gasteiger partial charge in [-0.05, 0) is 12.1 Å². The van der Waals surface area contributed by atoms with Crippen LogP contribution in [0.1, 0.15) is 5.56 Å². The Hall–Kier alpha value is -1.27. The summed E-state index contributed by atoms with van der Waals surface area (Å²) >= 11 is 4.58. The largest absolute Gasteiger partial charge is 0.485 e. The van der Waals surface area contributed by atoms with Gasteiger partial charge < -0.3 is 15.6 Å². The van der Waals surface area contributed by atoms with Crippen LogP contribution >= 0.6 is 12.2 Å². The van der Waals surface area contributed by atoms with Crippen LogP contribution in [0.5, 0.6) is 5.75 Å². The fourth-order valence-electron chi connectivity index (χ4n) is 0.988. The topological polar surface area (TPSA) is 55.5 Å². The van der Waals surface area contributed by atoms with E-state index < -0.39 is 17.4 Å². The lowest BCUT2D eigenvalue weighted by Gasteiger charge is -2.08. The van der Waals surface area contributed by atoms with Crippen molar-refractivity contribution in [1.82, 2.24) is 0 Å². The minimum absolute atomic E-state index is 0.0938. The number of aliphatic hydroxyl groups excluding tert-OH is 1. The quantitative estimate of drug-likeness (QED) is 0.761. The van der Waals surface area contributed by atoms with Crippen LogP contribution in [0.15, 0.2) is 12.1 Å². The number of nitrogens with two attached hydrogens (primary N) is 1. The lowest BCUT2D eigenvalue weighted by atomic mass is 10.2. The van der Waals surface area contributed by atoms with Crippen molar-refractivity contribution in [3.8, 4) is 5.75 Å². The molecule has 82 valence electrons. The first-order valence-corrected chi connectivity index (χ1v) is 4.49. The first-order valence-electron chi connectivity index (χ1n) is 4.08. The van der Waals surface area contributed by atoms with Crippen LogP contribution in [0.3, 0.4) is 0 Å². The summed E-state index contributed by atoms with van der Waals surface area (Å²) in [6.07, 6.45) is 0. The number of rotatable bonds is 4. The summed E-state index contributed by atoms with van der Waals surface area (Å²) in [5.41, 5.74) is 5.31. The van der Waals surface area contributed by atoms with E-state index in [4.69, 9.17) is 10.8 Å². The van der Waals surface area contributed by atoms with Crippen LogP contribution in [0.2, 0.25) is 0 Å². The van der Waals surface area contributed by atoms with E-state index in [1.165, 1.54) is 0 Å². The summed E-state index contributed by atoms with van der Waals surface area (Å²) < 4.78 is 31.1. The Balaban J connectivity index is 3.04. The van der Waals surface area contributed by atoms with E-state index in [0.717, 1.165) is 12.1 Å². The van der Waals surface area contributed by atoms with Gasteiger partial charge in [0.15, 0.2) is 17.4 Å². The Morgan fingerprint density at radius 2 is 1.93 bits per heavy atom. The zero-order chi connectivity index (χ0) is 11.4. The summed E-state index contributed by atoms with van der Waals surface area (Å²) in [6.45, 7) is -0.504. The molecule has 0 saturated carbocycles. The van der Waals surface area contributed by atoms with E-state index in [1.54, 1.807) is 0 Å². The summed E-state index contributed by atoms with van der Waals surface area (Å²) in [4.78, 5) is -0.0958. The molecule has 3 N–H and O–H groups in total. The van der Waals surface area contributed by atoms with Gasteiger partial charge in [0.05, 0.1) is 6.61 Å². The number of hydrogen-bond acceptors (Lipinski definition) is 3. The maximum atomic E-state index is 13.2. The number of aliphatic hydroxyl groups is 1. The average molecular weight is 233 g/mol. The minimum atomic E-state index is -0.897. The van der Waals surface area contributed by atoms with Gasteiger partial charge in [-0.1, -0.05) is 12.2 Å². The van der Waals surface area contributed by atoms with Crippen molar-refractivity contribution in [2.45, 2.75) is 0 Å². The SMILES string of the molecule is NC(=S)c1cc(F)c(OCCO)c(F)c1. The molecular weight excluding hydrogens is 224 g/mol. The first-order chi connectivity index (χ1) is 7.06. The molecule has 0 fully saturated rings. The predicted molar refractivity (Wildman–Crippen MR) is 54.8 cm³/mol. The fraction of sp³-hybridized carbons (Fsp3) is 0.222. The average Bonchev–Trinajstić information content (AvgIpc) is 2.16. The molecule has 0 spiro atoms. The van der Waals surface area contributed by atoms with Crippen molar-refractivity contribution < 1.29 is 18.6 Å². The molecule has 0 heterocycles. The molecule has 0 amide bonds. The van der Waals surface area contributed by atoms with Crippen molar-refractivity contribution in [2.75, 3.05) is 13.2 Å². The second kappa shape index (κ2) is 4.99. The van der Waals surface area contributed by atoms with Gasteiger partial charge in [0.1, 0.15) is 11.6 Å². The minimum Gasteiger partial charge on any atom is -0.485 e. The predicted octanol–water partition coefficient (Wildman–Crippen LogP) is 0.970. The van der Waals surface area contributed by atoms with Crippen molar-refractivity contribution in [1.29, 1.82) is 0 Å². The number of thiocarbonyl (C=S) groups is 1. The van der Waals surface area contributed by atoms with Gasteiger partial charge in [0, 0.05) is 5.56 Å². The Kier molecular flexibility index (Phi) is 3.93. The molecule has 0 bridgehead atoms. The van der Waals surface area contributed by atoms with Crippen LogP contribution in [0, 0.1) is 11.6 Å². The summed E-state index contributed by atoms with van der Waals surface area (Å²) in [5.74, 6) is -2.33. The van der Waals surface area contributed by atoms with Crippen LogP contribution in [0.4, 0.5) is 8.78 Å². The normalized spacial score (nSPS) is 10.1. The van der Waals surface area contributed by atoms with E-state index in [-0.39, 0.29) is 23.8 Å². The lowest BCUT2D eigenvalue weighted by molar-refractivity contribution is 0.191. The molecule has 1 aromatic rings. The molecule has 15 heavy (non-hydrogen) atoms. The summed E-state index contributed by atoms with van der Waals surface area (Å²) in [7, 11) is 0. The molecule has 1 aromatic carbocycles. The zero-order valence-corrected chi connectivity index (χ0v) is 8.48. The first kappa shape index (κ1) is 11.8. The smallest absolute Gasteiger partial charge is 0.190 e. The van der Waals surface area contributed by atoms with Gasteiger partial charge in [-0.3, -0.25) is 0 Å². The van der Waals surface area contributed by atoms with E-state index in [9.17, 15) is 8.78 Å².